The molecule has 1 fully saturated rings. The fraction of sp³-hybridized carbons (Fsp3) is 1.00. The molecule has 0 saturated carbocycles. The van der Waals surface area contributed by atoms with Crippen LogP contribution in [0.3, 0.4) is 0 Å². The summed E-state index contributed by atoms with van der Waals surface area (Å²) in [6.07, 6.45) is 3.94. The van der Waals surface area contributed by atoms with Gasteiger partial charge >= 0.3 is 0 Å². The highest BCUT2D eigenvalue weighted by Crippen LogP contribution is 2.26. The molecule has 0 bridgehead atoms. The molecule has 0 radical (unpaired) electrons. The van der Waals surface area contributed by atoms with E-state index in [1.54, 1.807) is 0 Å². The van der Waals surface area contributed by atoms with Gasteiger partial charge in [-0.05, 0) is 39.0 Å². The Labute approximate surface area is 68.6 Å². The quantitative estimate of drug-likeness (QED) is 0.661. The molecule has 0 aromatic carbocycles. The van der Waals surface area contributed by atoms with E-state index in [0.717, 1.165) is 19.3 Å². The second kappa shape index (κ2) is 4.07. The highest BCUT2D eigenvalue weighted by molar-refractivity contribution is 4.72. The molecule has 2 nitrogen and oxygen atoms in total. The molecule has 1 heterocycles. The molecule has 0 aromatic rings. The van der Waals surface area contributed by atoms with Crippen molar-refractivity contribution in [1.82, 2.24) is 0 Å². The SMILES string of the molecule is CC1CC(CCO)CC(C)O1. The summed E-state index contributed by atoms with van der Waals surface area (Å²) >= 11 is 0. The second-order valence-corrected chi connectivity index (χ2v) is 3.61. The van der Waals surface area contributed by atoms with Crippen LogP contribution in [-0.4, -0.2) is 23.9 Å². The maximum atomic E-state index is 8.75. The summed E-state index contributed by atoms with van der Waals surface area (Å²) in [5.41, 5.74) is 0. The van der Waals surface area contributed by atoms with E-state index in [4.69, 9.17) is 9.84 Å². The smallest absolute Gasteiger partial charge is 0.0553 e. The first-order chi connectivity index (χ1) is 5.22. The van der Waals surface area contributed by atoms with E-state index in [1.807, 2.05) is 0 Å². The van der Waals surface area contributed by atoms with Crippen molar-refractivity contribution in [2.75, 3.05) is 6.61 Å². The molecule has 0 aliphatic carbocycles. The van der Waals surface area contributed by atoms with Gasteiger partial charge < -0.3 is 9.84 Å². The number of aliphatic hydroxyl groups is 1. The van der Waals surface area contributed by atoms with Crippen LogP contribution in [0, 0.1) is 5.92 Å². The largest absolute Gasteiger partial charge is 0.396 e. The predicted octanol–water partition coefficient (Wildman–Crippen LogP) is 1.57. The summed E-state index contributed by atoms with van der Waals surface area (Å²) in [4.78, 5) is 0. The lowest BCUT2D eigenvalue weighted by Crippen LogP contribution is -2.29. The lowest BCUT2D eigenvalue weighted by molar-refractivity contribution is -0.0554. The lowest BCUT2D eigenvalue weighted by atomic mass is 9.90. The van der Waals surface area contributed by atoms with Crippen LogP contribution in [0.25, 0.3) is 0 Å². The summed E-state index contributed by atoms with van der Waals surface area (Å²) in [5.74, 6) is 0.679. The molecule has 1 aliphatic rings. The van der Waals surface area contributed by atoms with Crippen LogP contribution < -0.4 is 0 Å². The van der Waals surface area contributed by atoms with Gasteiger partial charge in [0.25, 0.3) is 0 Å². The van der Waals surface area contributed by atoms with Gasteiger partial charge in [-0.1, -0.05) is 0 Å². The van der Waals surface area contributed by atoms with Crippen LogP contribution in [0.2, 0.25) is 0 Å². The summed E-state index contributed by atoms with van der Waals surface area (Å²) < 4.78 is 5.58. The third-order valence-corrected chi connectivity index (χ3v) is 2.33. The van der Waals surface area contributed by atoms with E-state index in [-0.39, 0.29) is 0 Å². The Hall–Kier alpha value is -0.0800. The molecule has 1 saturated heterocycles. The van der Waals surface area contributed by atoms with Crippen molar-refractivity contribution in [1.29, 1.82) is 0 Å². The fourth-order valence-electron chi connectivity index (χ4n) is 1.96. The Morgan fingerprint density at radius 3 is 2.27 bits per heavy atom. The average molecular weight is 158 g/mol. The van der Waals surface area contributed by atoms with Crippen LogP contribution >= 0.6 is 0 Å². The van der Waals surface area contributed by atoms with E-state index in [2.05, 4.69) is 13.8 Å². The Morgan fingerprint density at radius 1 is 1.27 bits per heavy atom. The molecular formula is C9H18O2. The maximum absolute atomic E-state index is 8.75. The van der Waals surface area contributed by atoms with Gasteiger partial charge in [0.2, 0.25) is 0 Å². The molecule has 2 unspecified atom stereocenters. The summed E-state index contributed by atoms with van der Waals surface area (Å²) in [6.45, 7) is 4.55. The molecule has 0 spiro atoms. The summed E-state index contributed by atoms with van der Waals surface area (Å²) in [5, 5.41) is 8.75. The maximum Gasteiger partial charge on any atom is 0.0553 e. The molecule has 2 atom stereocenters. The Bertz CT molecular complexity index is 104. The van der Waals surface area contributed by atoms with Gasteiger partial charge in [0.05, 0.1) is 12.2 Å². The Kier molecular flexibility index (Phi) is 3.34. The highest BCUT2D eigenvalue weighted by Gasteiger charge is 2.23. The first kappa shape index (κ1) is 9.01. The zero-order chi connectivity index (χ0) is 8.27. The van der Waals surface area contributed by atoms with Gasteiger partial charge in [-0.2, -0.15) is 0 Å². The van der Waals surface area contributed by atoms with Crippen molar-refractivity contribution in [3.8, 4) is 0 Å². The minimum Gasteiger partial charge on any atom is -0.396 e. The van der Waals surface area contributed by atoms with Crippen LogP contribution in [-0.2, 0) is 4.74 Å². The average Bonchev–Trinajstić information content (AvgIpc) is 1.85. The Balaban J connectivity index is 2.30. The number of aliphatic hydroxyl groups excluding tert-OH is 1. The van der Waals surface area contributed by atoms with Crippen molar-refractivity contribution in [3.05, 3.63) is 0 Å². The van der Waals surface area contributed by atoms with Gasteiger partial charge in [0.15, 0.2) is 0 Å². The molecule has 2 heteroatoms. The number of hydrogen-bond acceptors (Lipinski definition) is 2. The van der Waals surface area contributed by atoms with Crippen LogP contribution in [0.1, 0.15) is 33.1 Å². The fourth-order valence-corrected chi connectivity index (χ4v) is 1.96. The van der Waals surface area contributed by atoms with E-state index < -0.39 is 0 Å². The van der Waals surface area contributed by atoms with Gasteiger partial charge in [-0.3, -0.25) is 0 Å². The monoisotopic (exact) mass is 158 g/mol. The lowest BCUT2D eigenvalue weighted by Gasteiger charge is -2.31. The topological polar surface area (TPSA) is 29.5 Å². The van der Waals surface area contributed by atoms with Crippen molar-refractivity contribution in [3.63, 3.8) is 0 Å². The van der Waals surface area contributed by atoms with Crippen molar-refractivity contribution >= 4 is 0 Å². The van der Waals surface area contributed by atoms with E-state index in [0.29, 0.717) is 24.7 Å². The molecule has 11 heavy (non-hydrogen) atoms. The molecule has 1 rings (SSSR count). The van der Waals surface area contributed by atoms with Gasteiger partial charge in [0.1, 0.15) is 0 Å². The minimum atomic E-state index is 0.324. The van der Waals surface area contributed by atoms with E-state index >= 15 is 0 Å². The van der Waals surface area contributed by atoms with E-state index in [9.17, 15) is 0 Å². The van der Waals surface area contributed by atoms with Gasteiger partial charge in [-0.25, -0.2) is 0 Å². The van der Waals surface area contributed by atoms with Crippen molar-refractivity contribution < 1.29 is 9.84 Å². The third-order valence-electron chi connectivity index (χ3n) is 2.33. The Morgan fingerprint density at radius 2 is 1.82 bits per heavy atom. The van der Waals surface area contributed by atoms with Crippen LogP contribution in [0.4, 0.5) is 0 Å². The summed E-state index contributed by atoms with van der Waals surface area (Å²) in [6, 6.07) is 0. The molecule has 0 aromatic heterocycles. The molecule has 66 valence electrons. The van der Waals surface area contributed by atoms with Gasteiger partial charge in [0, 0.05) is 6.61 Å². The van der Waals surface area contributed by atoms with Crippen molar-refractivity contribution in [2.45, 2.75) is 45.3 Å². The van der Waals surface area contributed by atoms with Crippen LogP contribution in [0.15, 0.2) is 0 Å². The minimum absolute atomic E-state index is 0.324. The third kappa shape index (κ3) is 2.80. The zero-order valence-electron chi connectivity index (χ0n) is 7.42. The number of hydrogen-bond donors (Lipinski definition) is 1. The number of rotatable bonds is 2. The first-order valence-corrected chi connectivity index (χ1v) is 4.48. The normalized spacial score (nSPS) is 39.0. The van der Waals surface area contributed by atoms with Crippen molar-refractivity contribution in [2.24, 2.45) is 5.92 Å². The predicted molar refractivity (Wildman–Crippen MR) is 44.4 cm³/mol. The van der Waals surface area contributed by atoms with Crippen LogP contribution in [0.5, 0.6) is 0 Å². The van der Waals surface area contributed by atoms with Gasteiger partial charge in [-0.15, -0.1) is 0 Å². The summed E-state index contributed by atoms with van der Waals surface area (Å²) in [7, 11) is 0. The molecule has 1 N–H and O–H groups in total. The second-order valence-electron chi connectivity index (χ2n) is 3.61. The standard InChI is InChI=1S/C9H18O2/c1-7-5-9(3-4-10)6-8(2)11-7/h7-10H,3-6H2,1-2H3. The zero-order valence-corrected chi connectivity index (χ0v) is 7.42. The molecule has 1 aliphatic heterocycles. The molecule has 0 amide bonds. The highest BCUT2D eigenvalue weighted by atomic mass is 16.5. The number of ether oxygens (including phenoxy) is 1. The molecular weight excluding hydrogens is 140 g/mol. The first-order valence-electron chi connectivity index (χ1n) is 4.48. The van der Waals surface area contributed by atoms with E-state index in [1.165, 1.54) is 0 Å².